The molecule has 1 aliphatic heterocycles. The van der Waals surface area contributed by atoms with Gasteiger partial charge in [-0.15, -0.1) is 0 Å². The van der Waals surface area contributed by atoms with E-state index < -0.39 is 24.3 Å². The molecule has 40 heavy (non-hydrogen) atoms. The van der Waals surface area contributed by atoms with E-state index in [1.807, 2.05) is 31.2 Å². The van der Waals surface area contributed by atoms with Crippen molar-refractivity contribution in [2.45, 2.75) is 32.2 Å². The first kappa shape index (κ1) is 26.8. The average Bonchev–Trinajstić information content (AvgIpc) is 3.60. The fraction of sp³-hybridized carbons (Fsp3) is 0.276. The number of hydrogen-bond donors (Lipinski definition) is 2. The van der Waals surface area contributed by atoms with Gasteiger partial charge in [-0.25, -0.2) is 4.79 Å². The Kier molecular flexibility index (Phi) is 7.72. The lowest BCUT2D eigenvalue weighted by molar-refractivity contribution is -0.138. The number of para-hydroxylation sites is 1. The summed E-state index contributed by atoms with van der Waals surface area (Å²) in [6, 6.07) is 15.9. The Labute approximate surface area is 229 Å². The van der Waals surface area contributed by atoms with Crippen LogP contribution >= 0.6 is 0 Å². The average molecular weight is 550 g/mol. The number of fused-ring (bicyclic) bond motifs is 1. The van der Waals surface area contributed by atoms with Gasteiger partial charge in [-0.05, 0) is 55.7 Å². The number of amides is 1. The minimum absolute atomic E-state index is 0.0662. The Morgan fingerprint density at radius 2 is 1.95 bits per heavy atom. The van der Waals surface area contributed by atoms with Crippen molar-refractivity contribution in [1.29, 1.82) is 0 Å². The van der Waals surface area contributed by atoms with Gasteiger partial charge >= 0.3 is 5.97 Å². The summed E-state index contributed by atoms with van der Waals surface area (Å²) in [6.07, 6.45) is -0.742. The largest absolute Gasteiger partial charge is 0.494 e. The number of alkyl halides is 1. The molecule has 0 aliphatic carbocycles. The standard InChI is InChI=1S/C29H28FN3O7/c1-17-6-3-4-7-21(17)31-29-32-26-23(37-2)14-20(15-24(26)40-29)38-16-25(34)33-13-5-8-22(33)27(30)39-19-11-9-18(10-12-19)28(35)36/h3-4,6-7,9-12,14-15,22,27H,5,8,13,16H2,1-2H3,(H,31,32)(H,35,36)/t22-,27?/m0/s1. The minimum Gasteiger partial charge on any atom is -0.494 e. The van der Waals surface area contributed by atoms with Crippen LogP contribution in [0.5, 0.6) is 17.2 Å². The van der Waals surface area contributed by atoms with Crippen LogP contribution in [0.2, 0.25) is 0 Å². The molecule has 1 aliphatic rings. The predicted octanol–water partition coefficient (Wildman–Crippen LogP) is 5.33. The Morgan fingerprint density at radius 3 is 2.67 bits per heavy atom. The second-order valence-electron chi connectivity index (χ2n) is 9.32. The fourth-order valence-electron chi connectivity index (χ4n) is 4.58. The van der Waals surface area contributed by atoms with Gasteiger partial charge in [0.15, 0.2) is 23.5 Å². The lowest BCUT2D eigenvalue weighted by Crippen LogP contribution is -2.45. The van der Waals surface area contributed by atoms with Crippen LogP contribution in [0, 0.1) is 6.92 Å². The molecule has 10 nitrogen and oxygen atoms in total. The summed E-state index contributed by atoms with van der Waals surface area (Å²) in [5.41, 5.74) is 2.84. The number of aromatic nitrogens is 1. The highest BCUT2D eigenvalue weighted by Crippen LogP contribution is 2.34. The van der Waals surface area contributed by atoms with Crippen molar-refractivity contribution >= 4 is 34.7 Å². The van der Waals surface area contributed by atoms with Crippen molar-refractivity contribution in [3.63, 3.8) is 0 Å². The van der Waals surface area contributed by atoms with Crippen molar-refractivity contribution in [2.75, 3.05) is 25.6 Å². The van der Waals surface area contributed by atoms with Crippen LogP contribution in [0.15, 0.2) is 65.1 Å². The highest BCUT2D eigenvalue weighted by Gasteiger charge is 2.36. The van der Waals surface area contributed by atoms with Gasteiger partial charge in [0.1, 0.15) is 11.5 Å². The number of ether oxygens (including phenoxy) is 3. The number of methoxy groups -OCH3 is 1. The number of hydrogen-bond acceptors (Lipinski definition) is 8. The molecule has 208 valence electrons. The number of anilines is 2. The smallest absolute Gasteiger partial charge is 0.335 e. The van der Waals surface area contributed by atoms with E-state index in [1.165, 1.54) is 36.3 Å². The molecule has 3 aromatic carbocycles. The van der Waals surface area contributed by atoms with Crippen molar-refractivity contribution in [3.8, 4) is 17.2 Å². The predicted molar refractivity (Wildman–Crippen MR) is 144 cm³/mol. The molecule has 1 saturated heterocycles. The highest BCUT2D eigenvalue weighted by molar-refractivity contribution is 5.87. The molecule has 0 bridgehead atoms. The Hall–Kier alpha value is -4.80. The number of aromatic carboxylic acids is 1. The van der Waals surface area contributed by atoms with E-state index in [4.69, 9.17) is 23.7 Å². The van der Waals surface area contributed by atoms with Crippen molar-refractivity contribution < 1.29 is 37.7 Å². The number of carboxylic acid groups (broad SMARTS) is 1. The van der Waals surface area contributed by atoms with E-state index in [9.17, 15) is 9.59 Å². The first-order valence-electron chi connectivity index (χ1n) is 12.7. The molecule has 2 heterocycles. The van der Waals surface area contributed by atoms with E-state index in [0.717, 1.165) is 11.3 Å². The fourth-order valence-corrected chi connectivity index (χ4v) is 4.58. The summed E-state index contributed by atoms with van der Waals surface area (Å²) < 4.78 is 37.5. The summed E-state index contributed by atoms with van der Waals surface area (Å²) in [7, 11) is 1.50. The van der Waals surface area contributed by atoms with Crippen molar-refractivity contribution in [3.05, 3.63) is 71.8 Å². The number of likely N-dealkylation sites (tertiary alicyclic amines) is 1. The number of nitrogens with one attached hydrogen (secondary N) is 1. The van der Waals surface area contributed by atoms with Crippen LogP contribution in [0.3, 0.4) is 0 Å². The number of carbonyl (C=O) groups excluding carboxylic acids is 1. The zero-order valence-electron chi connectivity index (χ0n) is 21.9. The molecule has 0 saturated carbocycles. The molecule has 1 fully saturated rings. The topological polar surface area (TPSA) is 123 Å². The molecule has 5 rings (SSSR count). The van der Waals surface area contributed by atoms with Gasteiger partial charge in [0.25, 0.3) is 18.3 Å². The summed E-state index contributed by atoms with van der Waals surface area (Å²) in [5.74, 6) is -0.564. The van der Waals surface area contributed by atoms with Crippen LogP contribution < -0.4 is 19.5 Å². The van der Waals surface area contributed by atoms with Gasteiger partial charge < -0.3 is 34.0 Å². The molecule has 1 aromatic heterocycles. The van der Waals surface area contributed by atoms with Gasteiger partial charge in [-0.2, -0.15) is 9.37 Å². The number of carboxylic acids is 1. The maximum atomic E-state index is 15.1. The van der Waals surface area contributed by atoms with Gasteiger partial charge in [0.05, 0.1) is 18.7 Å². The number of halogens is 1. The minimum atomic E-state index is -1.79. The molecule has 0 spiro atoms. The summed E-state index contributed by atoms with van der Waals surface area (Å²) in [6.45, 7) is 2.01. The lowest BCUT2D eigenvalue weighted by atomic mass is 10.2. The quantitative estimate of drug-likeness (QED) is 0.270. The highest BCUT2D eigenvalue weighted by atomic mass is 19.1. The SMILES string of the molecule is COc1cc(OCC(=O)N2CCC[C@H]2C(F)Oc2ccc(C(=O)O)cc2)cc2oc(Nc3ccccc3C)nc12. The molecular formula is C29H28FN3O7. The molecule has 0 radical (unpaired) electrons. The number of carbonyl (C=O) groups is 2. The monoisotopic (exact) mass is 549 g/mol. The number of benzene rings is 3. The number of nitrogens with zero attached hydrogens (tertiary/aromatic N) is 2. The lowest BCUT2D eigenvalue weighted by Gasteiger charge is -2.27. The van der Waals surface area contributed by atoms with Gasteiger partial charge in [-0.1, -0.05) is 18.2 Å². The van der Waals surface area contributed by atoms with Gasteiger partial charge in [0, 0.05) is 24.4 Å². The second kappa shape index (κ2) is 11.5. The van der Waals surface area contributed by atoms with E-state index in [0.29, 0.717) is 42.0 Å². The van der Waals surface area contributed by atoms with Crippen molar-refractivity contribution in [1.82, 2.24) is 9.88 Å². The third-order valence-corrected chi connectivity index (χ3v) is 6.67. The molecule has 1 unspecified atom stereocenters. The van der Waals surface area contributed by atoms with Gasteiger partial charge in [0.2, 0.25) is 0 Å². The zero-order chi connectivity index (χ0) is 28.2. The summed E-state index contributed by atoms with van der Waals surface area (Å²) in [4.78, 5) is 29.9. The molecule has 4 aromatic rings. The third-order valence-electron chi connectivity index (χ3n) is 6.67. The maximum Gasteiger partial charge on any atom is 0.335 e. The Bertz CT molecular complexity index is 1520. The summed E-state index contributed by atoms with van der Waals surface area (Å²) >= 11 is 0. The van der Waals surface area contributed by atoms with E-state index in [-0.39, 0.29) is 23.9 Å². The van der Waals surface area contributed by atoms with Crippen LogP contribution in [0.25, 0.3) is 11.1 Å². The molecule has 2 atom stereocenters. The maximum absolute atomic E-state index is 15.1. The Morgan fingerprint density at radius 1 is 1.18 bits per heavy atom. The van der Waals surface area contributed by atoms with Crippen molar-refractivity contribution in [2.24, 2.45) is 0 Å². The number of oxazole rings is 1. The molecule has 11 heteroatoms. The van der Waals surface area contributed by atoms with E-state index in [1.54, 1.807) is 12.1 Å². The Balaban J connectivity index is 1.24. The first-order chi connectivity index (χ1) is 19.3. The number of aryl methyl sites for hydroxylation is 1. The molecular weight excluding hydrogens is 521 g/mol. The second-order valence-corrected chi connectivity index (χ2v) is 9.32. The van der Waals surface area contributed by atoms with Crippen LogP contribution in [-0.4, -0.2) is 59.5 Å². The van der Waals surface area contributed by atoms with Crippen LogP contribution in [-0.2, 0) is 4.79 Å². The molecule has 2 N–H and O–H groups in total. The van der Waals surface area contributed by atoms with E-state index >= 15 is 4.39 Å². The number of rotatable bonds is 10. The van der Waals surface area contributed by atoms with E-state index in [2.05, 4.69) is 10.3 Å². The molecule has 1 amide bonds. The summed E-state index contributed by atoms with van der Waals surface area (Å²) in [5, 5.41) is 12.2. The normalized spacial score (nSPS) is 15.6. The van der Waals surface area contributed by atoms with Gasteiger partial charge in [-0.3, -0.25) is 4.79 Å². The van der Waals surface area contributed by atoms with Crippen LogP contribution in [0.4, 0.5) is 16.1 Å². The zero-order valence-corrected chi connectivity index (χ0v) is 21.9. The van der Waals surface area contributed by atoms with Crippen LogP contribution in [0.1, 0.15) is 28.8 Å². The third kappa shape index (κ3) is 5.78. The first-order valence-corrected chi connectivity index (χ1v) is 12.7.